The van der Waals surface area contributed by atoms with Crippen LogP contribution in [0.1, 0.15) is 16.7 Å². The molecule has 4 aromatic carbocycles. The molecule has 0 bridgehead atoms. The Kier molecular flexibility index (Phi) is 4.64. The van der Waals surface area contributed by atoms with Crippen LogP contribution in [0.25, 0.3) is 27.6 Å². The zero-order valence-corrected chi connectivity index (χ0v) is 17.6. The van der Waals surface area contributed by atoms with E-state index in [-0.39, 0.29) is 5.91 Å². The van der Waals surface area contributed by atoms with Crippen molar-refractivity contribution < 1.29 is 4.79 Å². The molecular weight excluding hydrogens is 388 g/mol. The summed E-state index contributed by atoms with van der Waals surface area (Å²) in [5.41, 5.74) is 4.23. The molecule has 4 heteroatoms. The zero-order valence-electron chi connectivity index (χ0n) is 16.8. The van der Waals surface area contributed by atoms with Gasteiger partial charge in [0.05, 0.1) is 10.6 Å². The van der Waals surface area contributed by atoms with Gasteiger partial charge in [-0.2, -0.15) is 0 Å². The predicted molar refractivity (Wildman–Crippen MR) is 128 cm³/mol. The molecule has 0 saturated carbocycles. The first-order valence-corrected chi connectivity index (χ1v) is 10.7. The molecule has 0 unspecified atom stereocenters. The van der Waals surface area contributed by atoms with Crippen LogP contribution in [0.3, 0.4) is 0 Å². The van der Waals surface area contributed by atoms with Gasteiger partial charge in [0, 0.05) is 0 Å². The Labute approximate surface area is 179 Å². The van der Waals surface area contributed by atoms with Gasteiger partial charge in [0.15, 0.2) is 5.17 Å². The van der Waals surface area contributed by atoms with Crippen LogP contribution in [0.4, 0.5) is 5.69 Å². The molecule has 4 aromatic rings. The number of aliphatic imine (C=N–C) groups is 1. The molecule has 1 N–H and O–H groups in total. The van der Waals surface area contributed by atoms with Crippen molar-refractivity contribution in [1.82, 2.24) is 5.32 Å². The summed E-state index contributed by atoms with van der Waals surface area (Å²) in [6.07, 6.45) is 2.00. The number of nitrogens with one attached hydrogen (secondary N) is 1. The van der Waals surface area contributed by atoms with E-state index in [0.29, 0.717) is 10.1 Å². The van der Waals surface area contributed by atoms with Crippen molar-refractivity contribution in [1.29, 1.82) is 0 Å². The number of amidine groups is 1. The van der Waals surface area contributed by atoms with Crippen molar-refractivity contribution in [3.8, 4) is 0 Å². The van der Waals surface area contributed by atoms with Gasteiger partial charge < -0.3 is 5.32 Å². The van der Waals surface area contributed by atoms with Crippen LogP contribution in [0.5, 0.6) is 0 Å². The fraction of sp³-hybridized carbons (Fsp3) is 0.0769. The number of thioether (sulfide) groups is 1. The lowest BCUT2D eigenvalue weighted by Gasteiger charge is -2.08. The van der Waals surface area contributed by atoms with E-state index >= 15 is 0 Å². The molecule has 0 aliphatic carbocycles. The molecule has 1 aliphatic rings. The Bertz CT molecular complexity index is 1330. The number of amides is 1. The van der Waals surface area contributed by atoms with E-state index in [9.17, 15) is 4.79 Å². The molecule has 3 nitrogen and oxygen atoms in total. The molecule has 0 spiro atoms. The van der Waals surface area contributed by atoms with Crippen LogP contribution in [-0.2, 0) is 4.79 Å². The van der Waals surface area contributed by atoms with Gasteiger partial charge in [0.2, 0.25) is 0 Å². The molecule has 1 aliphatic heterocycles. The first kappa shape index (κ1) is 18.6. The standard InChI is InChI=1S/C26H20N2OS/c1-16-11-12-23(17(2)13-16)27-26-28-25(29)24(30-26)15-22-20-9-5-3-7-18(20)14-19-8-4-6-10-21(19)22/h3-15H,1-2H3,(H,27,28,29)/b24-15+. The maximum absolute atomic E-state index is 12.7. The van der Waals surface area contributed by atoms with Crippen molar-refractivity contribution in [2.75, 3.05) is 0 Å². The summed E-state index contributed by atoms with van der Waals surface area (Å²) in [4.78, 5) is 18.0. The lowest BCUT2D eigenvalue weighted by Crippen LogP contribution is -2.19. The monoisotopic (exact) mass is 408 g/mol. The minimum atomic E-state index is -0.111. The second-order valence-corrected chi connectivity index (χ2v) is 8.53. The maximum atomic E-state index is 12.7. The number of benzene rings is 4. The number of aryl methyl sites for hydroxylation is 2. The smallest absolute Gasteiger partial charge is 0.264 e. The molecule has 146 valence electrons. The van der Waals surface area contributed by atoms with Gasteiger partial charge in [0.25, 0.3) is 5.91 Å². The van der Waals surface area contributed by atoms with E-state index in [0.717, 1.165) is 38.4 Å². The second-order valence-electron chi connectivity index (χ2n) is 7.50. The van der Waals surface area contributed by atoms with Gasteiger partial charge in [0.1, 0.15) is 0 Å². The molecule has 5 rings (SSSR count). The molecule has 1 saturated heterocycles. The number of hydrogen-bond acceptors (Lipinski definition) is 3. The van der Waals surface area contributed by atoms with E-state index < -0.39 is 0 Å². The van der Waals surface area contributed by atoms with Crippen LogP contribution in [0.15, 0.2) is 82.7 Å². The van der Waals surface area contributed by atoms with Crippen molar-refractivity contribution in [2.45, 2.75) is 13.8 Å². The first-order valence-electron chi connectivity index (χ1n) is 9.86. The Morgan fingerprint density at radius 2 is 1.53 bits per heavy atom. The summed E-state index contributed by atoms with van der Waals surface area (Å²) in [7, 11) is 0. The molecule has 1 heterocycles. The number of nitrogens with zero attached hydrogens (tertiary/aromatic N) is 1. The summed E-state index contributed by atoms with van der Waals surface area (Å²) >= 11 is 1.39. The summed E-state index contributed by atoms with van der Waals surface area (Å²) in [5, 5.41) is 8.13. The van der Waals surface area contributed by atoms with E-state index in [1.54, 1.807) is 0 Å². The fourth-order valence-corrected chi connectivity index (χ4v) is 4.67. The quantitative estimate of drug-likeness (QED) is 0.304. The van der Waals surface area contributed by atoms with Crippen LogP contribution in [0, 0.1) is 13.8 Å². The number of carbonyl (C=O) groups excluding carboxylic acids is 1. The van der Waals surface area contributed by atoms with Crippen molar-refractivity contribution in [3.05, 3.63) is 94.4 Å². The number of fused-ring (bicyclic) bond motifs is 2. The van der Waals surface area contributed by atoms with Gasteiger partial charge in [-0.25, -0.2) is 4.99 Å². The average molecular weight is 409 g/mol. The SMILES string of the molecule is Cc1ccc(N=C2NC(=O)/C(=C\c3c4ccccc4cc4ccccc34)S2)c(C)c1. The van der Waals surface area contributed by atoms with Crippen LogP contribution >= 0.6 is 11.8 Å². The third kappa shape index (κ3) is 3.40. The minimum Gasteiger partial charge on any atom is -0.300 e. The Balaban J connectivity index is 1.60. The van der Waals surface area contributed by atoms with Crippen molar-refractivity contribution in [2.24, 2.45) is 4.99 Å². The second kappa shape index (κ2) is 7.47. The molecule has 0 atom stereocenters. The van der Waals surface area contributed by atoms with Gasteiger partial charge in [-0.15, -0.1) is 0 Å². The predicted octanol–water partition coefficient (Wildman–Crippen LogP) is 6.50. The summed E-state index contributed by atoms with van der Waals surface area (Å²) in [6, 6.07) is 24.9. The molecule has 1 amide bonds. The highest BCUT2D eigenvalue weighted by molar-refractivity contribution is 8.18. The number of rotatable bonds is 2. The van der Waals surface area contributed by atoms with E-state index in [2.05, 4.69) is 53.6 Å². The summed E-state index contributed by atoms with van der Waals surface area (Å²) in [5.74, 6) is -0.111. The van der Waals surface area contributed by atoms with E-state index in [1.165, 1.54) is 17.3 Å². The van der Waals surface area contributed by atoms with Crippen LogP contribution in [-0.4, -0.2) is 11.1 Å². The topological polar surface area (TPSA) is 41.5 Å². The highest BCUT2D eigenvalue weighted by Crippen LogP contribution is 2.34. The Hall–Kier alpha value is -3.37. The van der Waals surface area contributed by atoms with Crippen molar-refractivity contribution >= 4 is 56.1 Å². The van der Waals surface area contributed by atoms with Gasteiger partial charge in [-0.05, 0) is 76.5 Å². The highest BCUT2D eigenvalue weighted by Gasteiger charge is 2.24. The average Bonchev–Trinajstić information content (AvgIpc) is 3.09. The summed E-state index contributed by atoms with van der Waals surface area (Å²) < 4.78 is 0. The van der Waals surface area contributed by atoms with Gasteiger partial charge in [-0.1, -0.05) is 66.2 Å². The Morgan fingerprint density at radius 1 is 0.867 bits per heavy atom. The normalized spacial score (nSPS) is 16.7. The highest BCUT2D eigenvalue weighted by atomic mass is 32.2. The third-order valence-electron chi connectivity index (χ3n) is 5.31. The lowest BCUT2D eigenvalue weighted by atomic mass is 9.96. The lowest BCUT2D eigenvalue weighted by molar-refractivity contribution is -0.115. The van der Waals surface area contributed by atoms with Gasteiger partial charge in [-0.3, -0.25) is 4.79 Å². The van der Waals surface area contributed by atoms with E-state index in [1.807, 2.05) is 49.4 Å². The van der Waals surface area contributed by atoms with Gasteiger partial charge >= 0.3 is 0 Å². The first-order chi connectivity index (χ1) is 14.6. The fourth-order valence-electron chi connectivity index (χ4n) is 3.86. The molecule has 30 heavy (non-hydrogen) atoms. The number of hydrogen-bond donors (Lipinski definition) is 1. The van der Waals surface area contributed by atoms with Crippen molar-refractivity contribution in [3.63, 3.8) is 0 Å². The minimum absolute atomic E-state index is 0.111. The Morgan fingerprint density at radius 3 is 2.20 bits per heavy atom. The molecule has 1 fully saturated rings. The molecular formula is C26H20N2OS. The molecule has 0 radical (unpaired) electrons. The molecule has 0 aromatic heterocycles. The van der Waals surface area contributed by atoms with Crippen LogP contribution in [0.2, 0.25) is 0 Å². The number of carbonyl (C=O) groups is 1. The third-order valence-corrected chi connectivity index (χ3v) is 6.22. The zero-order chi connectivity index (χ0) is 20.7. The maximum Gasteiger partial charge on any atom is 0.264 e. The largest absolute Gasteiger partial charge is 0.300 e. The van der Waals surface area contributed by atoms with E-state index in [4.69, 9.17) is 0 Å². The van der Waals surface area contributed by atoms with Crippen LogP contribution < -0.4 is 5.32 Å². The summed E-state index contributed by atoms with van der Waals surface area (Å²) in [6.45, 7) is 4.10.